The smallest absolute Gasteiger partial charge is 0.302 e. The normalized spacial score (nSPS) is 24.9. The molecular formula is C12H20O4. The van der Waals surface area contributed by atoms with Crippen LogP contribution < -0.4 is 0 Å². The molecule has 4 nitrogen and oxygen atoms in total. The lowest BCUT2D eigenvalue weighted by Gasteiger charge is -2.27. The van der Waals surface area contributed by atoms with Gasteiger partial charge in [-0.3, -0.25) is 9.59 Å². The van der Waals surface area contributed by atoms with Crippen LogP contribution in [0.2, 0.25) is 0 Å². The topological polar surface area (TPSA) is 52.6 Å². The summed E-state index contributed by atoms with van der Waals surface area (Å²) in [5, 5.41) is 0. The quantitative estimate of drug-likeness (QED) is 0.690. The number of ether oxygens (including phenoxy) is 2. The summed E-state index contributed by atoms with van der Waals surface area (Å²) in [6.07, 6.45) is 4.22. The zero-order chi connectivity index (χ0) is 12.0. The van der Waals surface area contributed by atoms with E-state index in [4.69, 9.17) is 9.47 Å². The molecule has 1 saturated carbocycles. The zero-order valence-corrected chi connectivity index (χ0v) is 10.0. The molecule has 0 amide bonds. The first-order valence-electron chi connectivity index (χ1n) is 5.84. The fourth-order valence-corrected chi connectivity index (χ4v) is 2.04. The van der Waals surface area contributed by atoms with Gasteiger partial charge in [-0.05, 0) is 37.5 Å². The average Bonchev–Trinajstić information content (AvgIpc) is 2.25. The summed E-state index contributed by atoms with van der Waals surface area (Å²) in [7, 11) is 0. The lowest BCUT2D eigenvalue weighted by molar-refractivity contribution is -0.145. The van der Waals surface area contributed by atoms with Gasteiger partial charge < -0.3 is 9.47 Å². The van der Waals surface area contributed by atoms with Crippen LogP contribution in [-0.2, 0) is 19.1 Å². The van der Waals surface area contributed by atoms with E-state index in [0.717, 1.165) is 25.7 Å². The van der Waals surface area contributed by atoms with Gasteiger partial charge in [-0.25, -0.2) is 0 Å². The van der Waals surface area contributed by atoms with Crippen molar-refractivity contribution < 1.29 is 19.1 Å². The molecule has 4 heteroatoms. The van der Waals surface area contributed by atoms with Gasteiger partial charge in [0.2, 0.25) is 0 Å². The molecule has 0 heterocycles. The summed E-state index contributed by atoms with van der Waals surface area (Å²) in [6, 6.07) is 0. The molecule has 0 aliphatic heterocycles. The highest BCUT2D eigenvalue weighted by molar-refractivity contribution is 5.66. The van der Waals surface area contributed by atoms with Gasteiger partial charge in [-0.1, -0.05) is 0 Å². The molecule has 16 heavy (non-hydrogen) atoms. The number of hydrogen-bond donors (Lipinski definition) is 0. The molecule has 0 aromatic carbocycles. The van der Waals surface area contributed by atoms with Crippen LogP contribution in [0, 0.1) is 11.8 Å². The Bertz CT molecular complexity index is 215. The monoisotopic (exact) mass is 228 g/mol. The molecule has 0 N–H and O–H groups in total. The van der Waals surface area contributed by atoms with Gasteiger partial charge in [0, 0.05) is 13.8 Å². The summed E-state index contributed by atoms with van der Waals surface area (Å²) in [5.41, 5.74) is 0. The largest absolute Gasteiger partial charge is 0.466 e. The predicted octanol–water partition coefficient (Wildman–Crippen LogP) is 1.92. The van der Waals surface area contributed by atoms with Gasteiger partial charge in [0.05, 0.1) is 13.2 Å². The van der Waals surface area contributed by atoms with E-state index in [1.165, 1.54) is 13.8 Å². The van der Waals surface area contributed by atoms with Gasteiger partial charge in [-0.15, -0.1) is 0 Å². The van der Waals surface area contributed by atoms with Crippen LogP contribution in [0.25, 0.3) is 0 Å². The minimum Gasteiger partial charge on any atom is -0.466 e. The van der Waals surface area contributed by atoms with Crippen LogP contribution in [0.3, 0.4) is 0 Å². The summed E-state index contributed by atoms with van der Waals surface area (Å²) >= 11 is 0. The first-order valence-corrected chi connectivity index (χ1v) is 5.84. The summed E-state index contributed by atoms with van der Waals surface area (Å²) < 4.78 is 9.98. The van der Waals surface area contributed by atoms with E-state index in [1.54, 1.807) is 0 Å². The van der Waals surface area contributed by atoms with Crippen molar-refractivity contribution in [2.45, 2.75) is 39.5 Å². The van der Waals surface area contributed by atoms with Crippen LogP contribution in [0.5, 0.6) is 0 Å². The lowest BCUT2D eigenvalue weighted by atomic mass is 9.83. The highest BCUT2D eigenvalue weighted by atomic mass is 16.5. The van der Waals surface area contributed by atoms with Crippen molar-refractivity contribution in [3.05, 3.63) is 0 Å². The van der Waals surface area contributed by atoms with Crippen LogP contribution in [0.4, 0.5) is 0 Å². The highest BCUT2D eigenvalue weighted by Crippen LogP contribution is 2.29. The maximum Gasteiger partial charge on any atom is 0.302 e. The molecule has 1 fully saturated rings. The van der Waals surface area contributed by atoms with E-state index in [9.17, 15) is 9.59 Å². The van der Waals surface area contributed by atoms with E-state index in [-0.39, 0.29) is 11.9 Å². The zero-order valence-electron chi connectivity index (χ0n) is 10.0. The molecule has 0 saturated heterocycles. The second kappa shape index (κ2) is 6.51. The standard InChI is InChI=1S/C12H20O4/c1-9(13)15-7-11-3-5-12(6-4-11)8-16-10(2)14/h11-12H,3-8H2,1-2H3. The van der Waals surface area contributed by atoms with E-state index in [2.05, 4.69) is 0 Å². The second-order valence-electron chi connectivity index (χ2n) is 4.49. The van der Waals surface area contributed by atoms with E-state index in [1.807, 2.05) is 0 Å². The molecule has 1 aliphatic rings. The van der Waals surface area contributed by atoms with Gasteiger partial charge in [0.25, 0.3) is 0 Å². The van der Waals surface area contributed by atoms with Crippen molar-refractivity contribution in [2.75, 3.05) is 13.2 Å². The molecule has 0 atom stereocenters. The van der Waals surface area contributed by atoms with Crippen LogP contribution >= 0.6 is 0 Å². The first-order chi connectivity index (χ1) is 7.58. The third kappa shape index (κ3) is 5.14. The SMILES string of the molecule is CC(=O)OCC1CCC(COC(C)=O)CC1. The molecule has 0 bridgehead atoms. The summed E-state index contributed by atoms with van der Waals surface area (Å²) in [5.74, 6) is 0.555. The van der Waals surface area contributed by atoms with Crippen molar-refractivity contribution in [3.63, 3.8) is 0 Å². The molecule has 1 rings (SSSR count). The molecule has 0 spiro atoms. The Hall–Kier alpha value is -1.06. The maximum atomic E-state index is 10.6. The average molecular weight is 228 g/mol. The van der Waals surface area contributed by atoms with Crippen molar-refractivity contribution in [1.82, 2.24) is 0 Å². The van der Waals surface area contributed by atoms with E-state index >= 15 is 0 Å². The van der Waals surface area contributed by atoms with Gasteiger partial charge >= 0.3 is 11.9 Å². The summed E-state index contributed by atoms with van der Waals surface area (Å²) in [6.45, 7) is 3.95. The Kier molecular flexibility index (Phi) is 5.29. The molecule has 0 aromatic heterocycles. The van der Waals surface area contributed by atoms with Gasteiger partial charge in [0.1, 0.15) is 0 Å². The maximum absolute atomic E-state index is 10.6. The van der Waals surface area contributed by atoms with Crippen LogP contribution in [-0.4, -0.2) is 25.2 Å². The predicted molar refractivity (Wildman–Crippen MR) is 58.7 cm³/mol. The van der Waals surface area contributed by atoms with Gasteiger partial charge in [0.15, 0.2) is 0 Å². The fraction of sp³-hybridized carbons (Fsp3) is 0.833. The van der Waals surface area contributed by atoms with Crippen molar-refractivity contribution in [1.29, 1.82) is 0 Å². The number of carbonyl (C=O) groups is 2. The minimum absolute atomic E-state index is 0.206. The molecule has 0 unspecified atom stereocenters. The van der Waals surface area contributed by atoms with Crippen LogP contribution in [0.1, 0.15) is 39.5 Å². The third-order valence-electron chi connectivity index (χ3n) is 3.01. The second-order valence-corrected chi connectivity index (χ2v) is 4.49. The third-order valence-corrected chi connectivity index (χ3v) is 3.01. The Morgan fingerprint density at radius 2 is 1.19 bits per heavy atom. The number of carbonyl (C=O) groups excluding carboxylic acids is 2. The number of hydrogen-bond acceptors (Lipinski definition) is 4. The van der Waals surface area contributed by atoms with Crippen molar-refractivity contribution in [3.8, 4) is 0 Å². The Balaban J connectivity index is 2.13. The molecule has 0 radical (unpaired) electrons. The summed E-state index contributed by atoms with van der Waals surface area (Å²) in [4.78, 5) is 21.3. The van der Waals surface area contributed by atoms with Crippen LogP contribution in [0.15, 0.2) is 0 Å². The Morgan fingerprint density at radius 3 is 1.44 bits per heavy atom. The fourth-order valence-electron chi connectivity index (χ4n) is 2.04. The van der Waals surface area contributed by atoms with Crippen molar-refractivity contribution in [2.24, 2.45) is 11.8 Å². The lowest BCUT2D eigenvalue weighted by Crippen LogP contribution is -2.23. The Morgan fingerprint density at radius 1 is 0.875 bits per heavy atom. The number of esters is 2. The van der Waals surface area contributed by atoms with Crippen molar-refractivity contribution >= 4 is 11.9 Å². The Labute approximate surface area is 96.3 Å². The van der Waals surface area contributed by atoms with E-state index in [0.29, 0.717) is 25.0 Å². The molecule has 1 aliphatic carbocycles. The van der Waals surface area contributed by atoms with E-state index < -0.39 is 0 Å². The molecule has 0 aromatic rings. The molecule has 92 valence electrons. The molecular weight excluding hydrogens is 208 g/mol. The highest BCUT2D eigenvalue weighted by Gasteiger charge is 2.22. The number of rotatable bonds is 4. The first kappa shape index (κ1) is 13.0. The van der Waals surface area contributed by atoms with Gasteiger partial charge in [-0.2, -0.15) is 0 Å². The minimum atomic E-state index is -0.206.